The van der Waals surface area contributed by atoms with E-state index in [1.165, 1.54) is 12.1 Å². The van der Waals surface area contributed by atoms with Gasteiger partial charge in [-0.05, 0) is 53.4 Å². The van der Waals surface area contributed by atoms with Gasteiger partial charge in [0.1, 0.15) is 18.2 Å². The zero-order valence-electron chi connectivity index (χ0n) is 20.4. The van der Waals surface area contributed by atoms with E-state index in [1.54, 1.807) is 27.5 Å². The Labute approximate surface area is 222 Å². The van der Waals surface area contributed by atoms with Crippen LogP contribution in [0.3, 0.4) is 0 Å². The molecule has 38 heavy (non-hydrogen) atoms. The van der Waals surface area contributed by atoms with Gasteiger partial charge in [-0.2, -0.15) is 5.10 Å². The van der Waals surface area contributed by atoms with Gasteiger partial charge in [-0.3, -0.25) is 4.79 Å². The summed E-state index contributed by atoms with van der Waals surface area (Å²) in [6.45, 7) is 3.03. The molecule has 5 aromatic rings. The Hall–Kier alpha value is -4.37. The Morgan fingerprint density at radius 3 is 2.79 bits per heavy atom. The van der Waals surface area contributed by atoms with Crippen molar-refractivity contribution in [2.45, 2.75) is 19.8 Å². The highest BCUT2D eigenvalue weighted by molar-refractivity contribution is 6.36. The molecule has 0 saturated heterocycles. The second-order valence-electron chi connectivity index (χ2n) is 9.24. The standard InChI is InChI=1S/C28H23ClFN5O3/c1-16-14-34-22(12-24(33-34)35-15-18(13-32-35)10-17-2-4-19(30)5-3-17)26(21(16)11-25(36)37)20-6-7-23-28(27(20)29)31-8-9-38-23/h2-7,12-15,31H,8-11H2,1H3,(H,36,37). The number of anilines is 1. The molecule has 4 heterocycles. The predicted octanol–water partition coefficient (Wildman–Crippen LogP) is 5.31. The number of fused-ring (bicyclic) bond motifs is 2. The lowest BCUT2D eigenvalue weighted by molar-refractivity contribution is -0.136. The van der Waals surface area contributed by atoms with Crippen molar-refractivity contribution in [3.63, 3.8) is 0 Å². The number of hydrogen-bond donors (Lipinski definition) is 2. The largest absolute Gasteiger partial charge is 0.490 e. The van der Waals surface area contributed by atoms with Gasteiger partial charge >= 0.3 is 5.97 Å². The molecule has 0 bridgehead atoms. The normalized spacial score (nSPS) is 12.7. The number of pyridine rings is 1. The van der Waals surface area contributed by atoms with Gasteiger partial charge in [0.05, 0.1) is 28.8 Å². The van der Waals surface area contributed by atoms with Crippen molar-refractivity contribution in [2.24, 2.45) is 0 Å². The summed E-state index contributed by atoms with van der Waals surface area (Å²) in [5, 5.41) is 22.7. The monoisotopic (exact) mass is 531 g/mol. The number of nitrogens with zero attached hydrogens (tertiary/aromatic N) is 4. The van der Waals surface area contributed by atoms with Crippen LogP contribution in [0.25, 0.3) is 22.5 Å². The first-order valence-electron chi connectivity index (χ1n) is 12.1. The van der Waals surface area contributed by atoms with E-state index in [9.17, 15) is 14.3 Å². The van der Waals surface area contributed by atoms with E-state index < -0.39 is 5.97 Å². The highest BCUT2D eigenvalue weighted by atomic mass is 35.5. The van der Waals surface area contributed by atoms with Crippen LogP contribution in [-0.2, 0) is 17.6 Å². The molecule has 1 aliphatic heterocycles. The van der Waals surface area contributed by atoms with Crippen molar-refractivity contribution in [2.75, 3.05) is 18.5 Å². The summed E-state index contributed by atoms with van der Waals surface area (Å²) in [4.78, 5) is 11.8. The van der Waals surface area contributed by atoms with Crippen molar-refractivity contribution in [3.05, 3.63) is 94.1 Å². The zero-order chi connectivity index (χ0) is 26.4. The SMILES string of the molecule is Cc1cn2nc(-n3cc(Cc4ccc(F)cc4)cn3)cc2c(-c2ccc3c(c2Cl)NCCO3)c1CC(=O)O. The highest BCUT2D eigenvalue weighted by Crippen LogP contribution is 2.44. The molecule has 0 spiro atoms. The number of carboxylic acid groups (broad SMARTS) is 1. The first kappa shape index (κ1) is 24.0. The third kappa shape index (κ3) is 4.35. The maximum Gasteiger partial charge on any atom is 0.307 e. The summed E-state index contributed by atoms with van der Waals surface area (Å²) in [5.41, 5.74) is 6.14. The van der Waals surface area contributed by atoms with E-state index in [-0.39, 0.29) is 12.2 Å². The Kier molecular flexibility index (Phi) is 6.00. The number of carboxylic acids is 1. The molecule has 0 radical (unpaired) electrons. The van der Waals surface area contributed by atoms with E-state index in [4.69, 9.17) is 21.4 Å². The molecule has 0 unspecified atom stereocenters. The first-order valence-corrected chi connectivity index (χ1v) is 12.5. The molecule has 0 aliphatic carbocycles. The second kappa shape index (κ2) is 9.50. The molecule has 8 nitrogen and oxygen atoms in total. The first-order chi connectivity index (χ1) is 18.4. The quantitative estimate of drug-likeness (QED) is 0.308. The fourth-order valence-electron chi connectivity index (χ4n) is 4.86. The van der Waals surface area contributed by atoms with E-state index in [0.29, 0.717) is 64.1 Å². The van der Waals surface area contributed by atoms with Gasteiger partial charge in [0.15, 0.2) is 5.82 Å². The third-order valence-corrected chi connectivity index (χ3v) is 7.02. The number of aryl methyl sites for hydroxylation is 1. The average Bonchev–Trinajstić information content (AvgIpc) is 3.53. The van der Waals surface area contributed by atoms with Crippen LogP contribution >= 0.6 is 11.6 Å². The number of nitrogens with one attached hydrogen (secondary N) is 1. The Morgan fingerprint density at radius 2 is 2.00 bits per heavy atom. The van der Waals surface area contributed by atoms with Crippen LogP contribution in [0.4, 0.5) is 10.1 Å². The minimum atomic E-state index is -0.938. The molecule has 10 heteroatoms. The minimum absolute atomic E-state index is 0.168. The maximum atomic E-state index is 13.3. The molecule has 2 N–H and O–H groups in total. The molecule has 192 valence electrons. The van der Waals surface area contributed by atoms with Crippen LogP contribution in [0.5, 0.6) is 5.75 Å². The van der Waals surface area contributed by atoms with Crippen molar-refractivity contribution >= 4 is 28.8 Å². The molecule has 0 atom stereocenters. The number of hydrogen-bond acceptors (Lipinski definition) is 5. The van der Waals surface area contributed by atoms with Gasteiger partial charge in [-0.15, -0.1) is 5.10 Å². The van der Waals surface area contributed by atoms with E-state index >= 15 is 0 Å². The second-order valence-corrected chi connectivity index (χ2v) is 9.62. The number of aliphatic carboxylic acids is 1. The van der Waals surface area contributed by atoms with Gasteiger partial charge < -0.3 is 15.2 Å². The predicted molar refractivity (Wildman–Crippen MR) is 142 cm³/mol. The molecule has 0 fully saturated rings. The highest BCUT2D eigenvalue weighted by Gasteiger charge is 2.24. The summed E-state index contributed by atoms with van der Waals surface area (Å²) in [6.07, 6.45) is 5.88. The van der Waals surface area contributed by atoms with Crippen molar-refractivity contribution in [1.82, 2.24) is 19.4 Å². The molecule has 6 rings (SSSR count). The lowest BCUT2D eigenvalue weighted by atomic mass is 9.93. The van der Waals surface area contributed by atoms with Crippen LogP contribution in [0.1, 0.15) is 22.3 Å². The molecule has 0 saturated carbocycles. The zero-order valence-corrected chi connectivity index (χ0v) is 21.2. The van der Waals surface area contributed by atoms with Crippen LogP contribution in [0.15, 0.2) is 61.1 Å². The number of ether oxygens (including phenoxy) is 1. The minimum Gasteiger partial charge on any atom is -0.490 e. The number of rotatable bonds is 6. The summed E-state index contributed by atoms with van der Waals surface area (Å²) >= 11 is 6.88. The van der Waals surface area contributed by atoms with Crippen LogP contribution < -0.4 is 10.1 Å². The average molecular weight is 532 g/mol. The summed E-state index contributed by atoms with van der Waals surface area (Å²) < 4.78 is 22.4. The van der Waals surface area contributed by atoms with E-state index in [0.717, 1.165) is 16.7 Å². The van der Waals surface area contributed by atoms with Gasteiger partial charge in [-0.1, -0.05) is 23.7 Å². The Balaban J connectivity index is 1.47. The Bertz CT molecular complexity index is 1690. The Morgan fingerprint density at radius 1 is 1.18 bits per heavy atom. The topological polar surface area (TPSA) is 93.7 Å². The summed E-state index contributed by atoms with van der Waals surface area (Å²) in [6, 6.07) is 11.9. The van der Waals surface area contributed by atoms with E-state index in [1.807, 2.05) is 37.5 Å². The summed E-state index contributed by atoms with van der Waals surface area (Å²) in [7, 11) is 0. The molecular weight excluding hydrogens is 509 g/mol. The molecule has 3 aromatic heterocycles. The number of carbonyl (C=O) groups is 1. The molecule has 2 aromatic carbocycles. The van der Waals surface area contributed by atoms with Crippen molar-refractivity contribution < 1.29 is 19.0 Å². The van der Waals surface area contributed by atoms with Crippen LogP contribution in [0.2, 0.25) is 5.02 Å². The number of benzene rings is 2. The van der Waals surface area contributed by atoms with Gasteiger partial charge in [-0.25, -0.2) is 13.6 Å². The van der Waals surface area contributed by atoms with Crippen LogP contribution in [0, 0.1) is 12.7 Å². The van der Waals surface area contributed by atoms with Gasteiger partial charge in [0.25, 0.3) is 0 Å². The lowest BCUT2D eigenvalue weighted by Crippen LogP contribution is -2.18. The fraction of sp³-hybridized carbons (Fsp3) is 0.179. The lowest BCUT2D eigenvalue weighted by Gasteiger charge is -2.23. The van der Waals surface area contributed by atoms with Gasteiger partial charge in [0.2, 0.25) is 0 Å². The number of aromatic nitrogens is 4. The number of halogens is 2. The smallest absolute Gasteiger partial charge is 0.307 e. The van der Waals surface area contributed by atoms with Gasteiger partial charge in [0, 0.05) is 42.6 Å². The van der Waals surface area contributed by atoms with E-state index in [2.05, 4.69) is 10.4 Å². The van der Waals surface area contributed by atoms with Crippen molar-refractivity contribution in [1.29, 1.82) is 0 Å². The maximum absolute atomic E-state index is 13.3. The molecule has 0 amide bonds. The van der Waals surface area contributed by atoms with Crippen molar-refractivity contribution in [3.8, 4) is 22.7 Å². The van der Waals surface area contributed by atoms with Crippen LogP contribution in [-0.4, -0.2) is 43.6 Å². The molecular formula is C28H23ClFN5O3. The molecule has 1 aliphatic rings. The summed E-state index contributed by atoms with van der Waals surface area (Å²) in [5.74, 6) is 0.0169. The third-order valence-electron chi connectivity index (χ3n) is 6.63. The fourth-order valence-corrected chi connectivity index (χ4v) is 5.18.